The van der Waals surface area contributed by atoms with Crippen molar-refractivity contribution < 1.29 is 22.6 Å². The highest BCUT2D eigenvalue weighted by Crippen LogP contribution is 2.38. The number of halogens is 3. The van der Waals surface area contributed by atoms with Gasteiger partial charge in [0.2, 0.25) is 11.2 Å². The molecular formula is C22H18F3NO3. The lowest BCUT2D eigenvalue weighted by atomic mass is 9.94. The predicted molar refractivity (Wildman–Crippen MR) is 102 cm³/mol. The van der Waals surface area contributed by atoms with Gasteiger partial charge in [0.15, 0.2) is 0 Å². The van der Waals surface area contributed by atoms with E-state index in [1.54, 1.807) is 59.2 Å². The van der Waals surface area contributed by atoms with Gasteiger partial charge in [0.1, 0.15) is 5.75 Å². The Morgan fingerprint density at radius 1 is 0.862 bits per heavy atom. The van der Waals surface area contributed by atoms with E-state index in [1.807, 2.05) is 6.07 Å². The van der Waals surface area contributed by atoms with E-state index in [1.165, 1.54) is 0 Å². The molecule has 7 heteroatoms. The summed E-state index contributed by atoms with van der Waals surface area (Å²) in [7, 11) is 0. The minimum Gasteiger partial charge on any atom is -0.437 e. The van der Waals surface area contributed by atoms with Crippen molar-refractivity contribution >= 4 is 0 Å². The molecule has 0 aliphatic heterocycles. The Hall–Kier alpha value is -3.22. The van der Waals surface area contributed by atoms with Crippen molar-refractivity contribution in [1.82, 2.24) is 4.57 Å². The number of hydrogen-bond donors (Lipinski definition) is 0. The molecule has 0 fully saturated rings. The number of rotatable bonds is 4. The van der Waals surface area contributed by atoms with E-state index in [0.29, 0.717) is 35.5 Å². The van der Waals surface area contributed by atoms with E-state index >= 15 is 0 Å². The highest BCUT2D eigenvalue weighted by atomic mass is 19.4. The second kappa shape index (κ2) is 7.66. The molecule has 0 amide bonds. The summed E-state index contributed by atoms with van der Waals surface area (Å²) in [6.07, 6.45) is -2.48. The summed E-state index contributed by atoms with van der Waals surface area (Å²) < 4.78 is 51.1. The van der Waals surface area contributed by atoms with Crippen LogP contribution in [0, 0.1) is 0 Å². The maximum absolute atomic E-state index is 13.2. The van der Waals surface area contributed by atoms with Crippen LogP contribution in [0.2, 0.25) is 0 Å². The second-order valence-corrected chi connectivity index (χ2v) is 6.73. The maximum atomic E-state index is 13.2. The number of fused-ring (bicyclic) bond motifs is 1. The lowest BCUT2D eigenvalue weighted by Gasteiger charge is -2.26. The molecule has 0 spiro atoms. The molecule has 29 heavy (non-hydrogen) atoms. The molecule has 0 radical (unpaired) electrons. The molecule has 4 nitrogen and oxygen atoms in total. The van der Waals surface area contributed by atoms with E-state index in [2.05, 4.69) is 4.74 Å². The largest absolute Gasteiger partial charge is 0.573 e. The van der Waals surface area contributed by atoms with Crippen LogP contribution in [0.1, 0.15) is 24.1 Å². The Balaban J connectivity index is 2.02. The van der Waals surface area contributed by atoms with Crippen molar-refractivity contribution in [3.8, 4) is 23.1 Å². The minimum atomic E-state index is -5.02. The van der Waals surface area contributed by atoms with Gasteiger partial charge >= 0.3 is 6.36 Å². The first kappa shape index (κ1) is 19.1. The molecule has 150 valence electrons. The van der Waals surface area contributed by atoms with Crippen molar-refractivity contribution in [1.29, 1.82) is 0 Å². The van der Waals surface area contributed by atoms with Crippen LogP contribution in [0.3, 0.4) is 0 Å². The Labute approximate surface area is 165 Å². The van der Waals surface area contributed by atoms with Gasteiger partial charge in [0.25, 0.3) is 5.88 Å². The summed E-state index contributed by atoms with van der Waals surface area (Å²) in [5.41, 5.74) is 0.839. The van der Waals surface area contributed by atoms with Gasteiger partial charge in [-0.2, -0.15) is 0 Å². The SMILES string of the molecule is O=c1c2c(n(-c3ccccc3)c(Oc3ccccc3)c1OC(F)(F)F)CCCC2. The van der Waals surface area contributed by atoms with Gasteiger partial charge in [-0.1, -0.05) is 36.4 Å². The highest BCUT2D eigenvalue weighted by Gasteiger charge is 2.37. The monoisotopic (exact) mass is 401 g/mol. The average Bonchev–Trinajstić information content (AvgIpc) is 2.72. The van der Waals surface area contributed by atoms with Crippen LogP contribution < -0.4 is 14.9 Å². The number of aromatic nitrogens is 1. The normalized spacial score (nSPS) is 13.6. The maximum Gasteiger partial charge on any atom is 0.573 e. The number of pyridine rings is 1. The molecule has 0 bridgehead atoms. The van der Waals surface area contributed by atoms with E-state index in [4.69, 9.17) is 4.74 Å². The fraction of sp³-hybridized carbons (Fsp3) is 0.227. The number of benzene rings is 2. The Morgan fingerprint density at radius 3 is 2.14 bits per heavy atom. The van der Waals surface area contributed by atoms with E-state index in [-0.39, 0.29) is 5.88 Å². The van der Waals surface area contributed by atoms with Crippen LogP contribution in [0.25, 0.3) is 5.69 Å². The molecule has 1 aliphatic rings. The third-order valence-electron chi connectivity index (χ3n) is 4.78. The summed E-state index contributed by atoms with van der Waals surface area (Å²) >= 11 is 0. The van der Waals surface area contributed by atoms with Crippen molar-refractivity contribution in [2.45, 2.75) is 32.0 Å². The van der Waals surface area contributed by atoms with Gasteiger partial charge in [-0.3, -0.25) is 9.36 Å². The van der Waals surface area contributed by atoms with E-state index in [9.17, 15) is 18.0 Å². The average molecular weight is 401 g/mol. The summed E-state index contributed by atoms with van der Waals surface area (Å²) in [5.74, 6) is -0.810. The number of hydrogen-bond acceptors (Lipinski definition) is 3. The zero-order chi connectivity index (χ0) is 20.4. The van der Waals surface area contributed by atoms with Crippen molar-refractivity contribution in [3.05, 3.63) is 82.1 Å². The van der Waals surface area contributed by atoms with Gasteiger partial charge in [0, 0.05) is 16.9 Å². The van der Waals surface area contributed by atoms with Crippen LogP contribution in [0.15, 0.2) is 65.5 Å². The molecule has 0 unspecified atom stereocenters. The van der Waals surface area contributed by atoms with Crippen molar-refractivity contribution in [2.75, 3.05) is 0 Å². The van der Waals surface area contributed by atoms with Crippen LogP contribution in [0.5, 0.6) is 17.4 Å². The number of alkyl halides is 3. The number of ether oxygens (including phenoxy) is 2. The molecule has 1 aromatic heterocycles. The molecule has 1 heterocycles. The molecule has 0 atom stereocenters. The molecule has 3 aromatic rings. The van der Waals surface area contributed by atoms with E-state index < -0.39 is 17.5 Å². The lowest BCUT2D eigenvalue weighted by Crippen LogP contribution is -2.29. The third kappa shape index (κ3) is 3.99. The van der Waals surface area contributed by atoms with Gasteiger partial charge in [-0.25, -0.2) is 0 Å². The summed E-state index contributed by atoms with van der Waals surface area (Å²) in [4.78, 5) is 13.0. The van der Waals surface area contributed by atoms with E-state index in [0.717, 1.165) is 12.8 Å². The first-order valence-electron chi connectivity index (χ1n) is 9.29. The molecule has 2 aromatic carbocycles. The van der Waals surface area contributed by atoms with Gasteiger partial charge < -0.3 is 9.47 Å². The first-order valence-corrected chi connectivity index (χ1v) is 9.29. The lowest BCUT2D eigenvalue weighted by molar-refractivity contribution is -0.275. The third-order valence-corrected chi connectivity index (χ3v) is 4.78. The summed E-state index contributed by atoms with van der Waals surface area (Å²) in [5, 5.41) is 0. The van der Waals surface area contributed by atoms with Gasteiger partial charge in [-0.05, 0) is 49.9 Å². The zero-order valence-electron chi connectivity index (χ0n) is 15.4. The smallest absolute Gasteiger partial charge is 0.437 e. The van der Waals surface area contributed by atoms with Crippen LogP contribution in [0.4, 0.5) is 13.2 Å². The predicted octanol–water partition coefficient (Wildman–Crippen LogP) is 5.41. The molecule has 1 aliphatic carbocycles. The van der Waals surface area contributed by atoms with Crippen LogP contribution in [-0.2, 0) is 12.8 Å². The topological polar surface area (TPSA) is 40.5 Å². The molecule has 4 rings (SSSR count). The zero-order valence-corrected chi connectivity index (χ0v) is 15.4. The minimum absolute atomic E-state index is 0.273. The fourth-order valence-electron chi connectivity index (χ4n) is 3.59. The Kier molecular flexibility index (Phi) is 5.05. The number of nitrogens with zero attached hydrogens (tertiary/aromatic N) is 1. The second-order valence-electron chi connectivity index (χ2n) is 6.73. The fourth-order valence-corrected chi connectivity index (χ4v) is 3.59. The van der Waals surface area contributed by atoms with Gasteiger partial charge in [0.05, 0.1) is 0 Å². The highest BCUT2D eigenvalue weighted by molar-refractivity contribution is 5.51. The Bertz CT molecular complexity index is 1060. The van der Waals surface area contributed by atoms with Crippen molar-refractivity contribution in [3.63, 3.8) is 0 Å². The van der Waals surface area contributed by atoms with Crippen molar-refractivity contribution in [2.24, 2.45) is 0 Å². The van der Waals surface area contributed by atoms with Crippen LogP contribution >= 0.6 is 0 Å². The molecule has 0 N–H and O–H groups in total. The molecular weight excluding hydrogens is 383 g/mol. The standard InChI is InChI=1S/C22H18F3NO3/c23-22(24,25)29-20-19(27)17-13-7-8-14-18(17)26(15-9-3-1-4-10-15)21(20)28-16-11-5-2-6-12-16/h1-6,9-12H,7-8,13-14H2. The van der Waals surface area contributed by atoms with Gasteiger partial charge in [-0.15, -0.1) is 13.2 Å². The number of para-hydroxylation sites is 2. The molecule has 0 saturated heterocycles. The Morgan fingerprint density at radius 2 is 1.48 bits per heavy atom. The molecule has 0 saturated carbocycles. The summed E-state index contributed by atoms with van der Waals surface area (Å²) in [6, 6.07) is 17.3. The van der Waals surface area contributed by atoms with Crippen LogP contribution in [-0.4, -0.2) is 10.9 Å². The summed E-state index contributed by atoms with van der Waals surface area (Å²) in [6.45, 7) is 0. The quantitative estimate of drug-likeness (QED) is 0.587. The first-order chi connectivity index (χ1) is 13.9.